The van der Waals surface area contributed by atoms with E-state index in [1.165, 1.54) is 25.3 Å². The molecule has 0 heterocycles. The van der Waals surface area contributed by atoms with E-state index in [2.05, 4.69) is 12.2 Å². The molecule has 0 unspecified atom stereocenters. The zero-order valence-electron chi connectivity index (χ0n) is 9.84. The van der Waals surface area contributed by atoms with Crippen LogP contribution in [0.25, 0.3) is 0 Å². The second kappa shape index (κ2) is 8.59. The fourth-order valence-corrected chi connectivity index (χ4v) is 2.27. The molecule has 0 spiro atoms. The number of hydrogen-bond acceptors (Lipinski definition) is 2. The van der Waals surface area contributed by atoms with Gasteiger partial charge >= 0.3 is 0 Å². The third kappa shape index (κ3) is 5.52. The molecule has 0 aliphatic rings. The molecule has 1 N–H and O–H groups in total. The molecule has 0 radical (unpaired) electrons. The Labute approximate surface area is 102 Å². The molecule has 0 saturated carbocycles. The summed E-state index contributed by atoms with van der Waals surface area (Å²) >= 11 is 1.57. The highest BCUT2D eigenvalue weighted by atomic mass is 32.2. The predicted octanol–water partition coefficient (Wildman–Crippen LogP) is 3.70. The van der Waals surface area contributed by atoms with Crippen molar-refractivity contribution >= 4 is 11.8 Å². The lowest BCUT2D eigenvalue weighted by molar-refractivity contribution is 0.601. The van der Waals surface area contributed by atoms with Crippen molar-refractivity contribution in [1.82, 2.24) is 5.32 Å². The maximum absolute atomic E-state index is 13.2. The van der Waals surface area contributed by atoms with Crippen LogP contribution in [0.15, 0.2) is 29.2 Å². The first-order valence-corrected chi connectivity index (χ1v) is 6.91. The van der Waals surface area contributed by atoms with Gasteiger partial charge in [0.25, 0.3) is 0 Å². The van der Waals surface area contributed by atoms with Gasteiger partial charge in [0.15, 0.2) is 0 Å². The van der Waals surface area contributed by atoms with Crippen LogP contribution in [-0.2, 0) is 0 Å². The Morgan fingerprint density at radius 3 is 2.75 bits per heavy atom. The summed E-state index contributed by atoms with van der Waals surface area (Å²) in [6.07, 6.45) is 3.78. The van der Waals surface area contributed by atoms with Gasteiger partial charge in [0.1, 0.15) is 5.82 Å². The highest BCUT2D eigenvalue weighted by Crippen LogP contribution is 2.20. The van der Waals surface area contributed by atoms with Crippen LogP contribution in [0.1, 0.15) is 26.2 Å². The summed E-state index contributed by atoms with van der Waals surface area (Å²) in [5.74, 6) is 0.811. The van der Waals surface area contributed by atoms with Crippen molar-refractivity contribution < 1.29 is 4.39 Å². The second-order valence-electron chi connectivity index (χ2n) is 3.74. The van der Waals surface area contributed by atoms with Crippen LogP contribution in [0.3, 0.4) is 0 Å². The average Bonchev–Trinajstić information content (AvgIpc) is 2.30. The molecule has 1 rings (SSSR count). The first-order valence-electron chi connectivity index (χ1n) is 5.92. The van der Waals surface area contributed by atoms with Crippen LogP contribution in [0, 0.1) is 5.82 Å². The average molecular weight is 241 g/mol. The van der Waals surface area contributed by atoms with E-state index in [1.54, 1.807) is 17.8 Å². The minimum absolute atomic E-state index is 0.113. The van der Waals surface area contributed by atoms with Crippen molar-refractivity contribution in [2.75, 3.05) is 18.8 Å². The third-order valence-electron chi connectivity index (χ3n) is 2.33. The topological polar surface area (TPSA) is 12.0 Å². The second-order valence-corrected chi connectivity index (χ2v) is 4.87. The lowest BCUT2D eigenvalue weighted by atomic mass is 10.2. The van der Waals surface area contributed by atoms with Gasteiger partial charge in [0.05, 0.1) is 0 Å². The SMILES string of the molecule is CCCCCNCCSc1ccccc1F. The summed E-state index contributed by atoms with van der Waals surface area (Å²) in [5, 5.41) is 3.37. The van der Waals surface area contributed by atoms with Crippen molar-refractivity contribution in [3.05, 3.63) is 30.1 Å². The van der Waals surface area contributed by atoms with E-state index in [0.29, 0.717) is 0 Å². The first-order chi connectivity index (χ1) is 7.84. The number of hydrogen-bond donors (Lipinski definition) is 1. The molecular weight excluding hydrogens is 221 g/mol. The van der Waals surface area contributed by atoms with Gasteiger partial charge in [-0.2, -0.15) is 0 Å². The zero-order valence-corrected chi connectivity index (χ0v) is 10.7. The van der Waals surface area contributed by atoms with Crippen LogP contribution in [0.2, 0.25) is 0 Å². The van der Waals surface area contributed by atoms with E-state index >= 15 is 0 Å². The Bertz CT molecular complexity index is 291. The van der Waals surface area contributed by atoms with Gasteiger partial charge in [-0.05, 0) is 25.1 Å². The summed E-state index contributed by atoms with van der Waals surface area (Å²) in [7, 11) is 0. The molecule has 0 atom stereocenters. The van der Waals surface area contributed by atoms with Gasteiger partial charge in [-0.15, -0.1) is 11.8 Å². The van der Waals surface area contributed by atoms with E-state index in [4.69, 9.17) is 0 Å². The maximum atomic E-state index is 13.2. The normalized spacial score (nSPS) is 10.6. The van der Waals surface area contributed by atoms with Crippen molar-refractivity contribution in [3.63, 3.8) is 0 Å². The summed E-state index contributed by atoms with van der Waals surface area (Å²) < 4.78 is 13.2. The van der Waals surface area contributed by atoms with Crippen LogP contribution < -0.4 is 5.32 Å². The molecule has 0 amide bonds. The summed E-state index contributed by atoms with van der Waals surface area (Å²) in [4.78, 5) is 0.748. The largest absolute Gasteiger partial charge is 0.316 e. The molecule has 0 bridgehead atoms. The Kier molecular flexibility index (Phi) is 7.26. The quantitative estimate of drug-likeness (QED) is 0.550. The molecule has 0 fully saturated rings. The zero-order chi connectivity index (χ0) is 11.6. The van der Waals surface area contributed by atoms with Crippen LogP contribution >= 0.6 is 11.8 Å². The van der Waals surface area contributed by atoms with E-state index in [1.807, 2.05) is 12.1 Å². The standard InChI is InChI=1S/C13H20FNS/c1-2-3-6-9-15-10-11-16-13-8-5-4-7-12(13)14/h4-5,7-8,15H,2-3,6,9-11H2,1H3. The molecular formula is C13H20FNS. The van der Waals surface area contributed by atoms with Gasteiger partial charge in [0, 0.05) is 17.2 Å². The molecule has 16 heavy (non-hydrogen) atoms. The Morgan fingerprint density at radius 1 is 1.19 bits per heavy atom. The van der Waals surface area contributed by atoms with Crippen LogP contribution in [0.4, 0.5) is 4.39 Å². The minimum Gasteiger partial charge on any atom is -0.316 e. The lowest BCUT2D eigenvalue weighted by Gasteiger charge is -2.04. The summed E-state index contributed by atoms with van der Waals surface area (Å²) in [6, 6.07) is 6.94. The molecule has 1 aromatic rings. The summed E-state index contributed by atoms with van der Waals surface area (Å²) in [5.41, 5.74) is 0. The number of halogens is 1. The number of benzene rings is 1. The van der Waals surface area contributed by atoms with Gasteiger partial charge in [-0.3, -0.25) is 0 Å². The Morgan fingerprint density at radius 2 is 2.00 bits per heavy atom. The maximum Gasteiger partial charge on any atom is 0.136 e. The smallest absolute Gasteiger partial charge is 0.136 e. The number of thioether (sulfide) groups is 1. The predicted molar refractivity (Wildman–Crippen MR) is 69.5 cm³/mol. The fraction of sp³-hybridized carbons (Fsp3) is 0.538. The highest BCUT2D eigenvalue weighted by molar-refractivity contribution is 7.99. The van der Waals surface area contributed by atoms with E-state index in [-0.39, 0.29) is 5.82 Å². The summed E-state index contributed by atoms with van der Waals surface area (Å²) in [6.45, 7) is 4.22. The molecule has 0 aliphatic carbocycles. The first kappa shape index (κ1) is 13.5. The molecule has 0 aliphatic heterocycles. The molecule has 90 valence electrons. The highest BCUT2D eigenvalue weighted by Gasteiger charge is 1.99. The van der Waals surface area contributed by atoms with Gasteiger partial charge in [-0.1, -0.05) is 31.9 Å². The number of rotatable bonds is 8. The van der Waals surface area contributed by atoms with Crippen LogP contribution in [-0.4, -0.2) is 18.8 Å². The molecule has 3 heteroatoms. The molecule has 1 nitrogen and oxygen atoms in total. The van der Waals surface area contributed by atoms with Crippen molar-refractivity contribution in [3.8, 4) is 0 Å². The minimum atomic E-state index is -0.113. The van der Waals surface area contributed by atoms with E-state index in [0.717, 1.165) is 23.7 Å². The van der Waals surface area contributed by atoms with Crippen molar-refractivity contribution in [2.45, 2.75) is 31.1 Å². The monoisotopic (exact) mass is 241 g/mol. The Balaban J connectivity index is 2.05. The third-order valence-corrected chi connectivity index (χ3v) is 3.38. The van der Waals surface area contributed by atoms with E-state index < -0.39 is 0 Å². The Hall–Kier alpha value is -0.540. The van der Waals surface area contributed by atoms with Crippen molar-refractivity contribution in [2.24, 2.45) is 0 Å². The van der Waals surface area contributed by atoms with Crippen molar-refractivity contribution in [1.29, 1.82) is 0 Å². The molecule has 0 saturated heterocycles. The number of unbranched alkanes of at least 4 members (excludes halogenated alkanes) is 2. The van der Waals surface area contributed by atoms with Crippen LogP contribution in [0.5, 0.6) is 0 Å². The molecule has 0 aromatic heterocycles. The lowest BCUT2D eigenvalue weighted by Crippen LogP contribution is -2.18. The van der Waals surface area contributed by atoms with Gasteiger partial charge in [-0.25, -0.2) is 4.39 Å². The number of nitrogens with one attached hydrogen (secondary N) is 1. The van der Waals surface area contributed by atoms with Gasteiger partial charge < -0.3 is 5.32 Å². The van der Waals surface area contributed by atoms with Gasteiger partial charge in [0.2, 0.25) is 0 Å². The fourth-order valence-electron chi connectivity index (χ4n) is 1.42. The molecule has 1 aromatic carbocycles. The van der Waals surface area contributed by atoms with E-state index in [9.17, 15) is 4.39 Å².